The average molecular weight is 369 g/mol. The minimum Gasteiger partial charge on any atom is -0.354 e. The van der Waals surface area contributed by atoms with Crippen LogP contribution in [-0.4, -0.2) is 63.9 Å². The maximum absolute atomic E-state index is 11.8. The standard InChI is InChI=1S/C17H28N4O3S/c1-14(10-11-25(4,23)24)20-17(19-13-16(22)21(2)3)18-12-15-8-6-5-7-9-15/h5-9,14H,10-13H2,1-4H3,(H2,18,19,20). The average Bonchev–Trinajstić information content (AvgIpc) is 2.55. The highest BCUT2D eigenvalue weighted by Crippen LogP contribution is 2.01. The van der Waals surface area contributed by atoms with E-state index in [1.807, 2.05) is 37.3 Å². The number of aliphatic imine (C=N–C) groups is 1. The Morgan fingerprint density at radius 3 is 2.44 bits per heavy atom. The lowest BCUT2D eigenvalue weighted by Gasteiger charge is -2.19. The van der Waals surface area contributed by atoms with Gasteiger partial charge in [-0.2, -0.15) is 0 Å². The van der Waals surface area contributed by atoms with Gasteiger partial charge in [0.15, 0.2) is 5.96 Å². The summed E-state index contributed by atoms with van der Waals surface area (Å²) in [5.41, 5.74) is 1.05. The lowest BCUT2D eigenvalue weighted by molar-refractivity contribution is -0.127. The number of amides is 1. The Kier molecular flexibility index (Phi) is 8.40. The predicted molar refractivity (Wildman–Crippen MR) is 101 cm³/mol. The third kappa shape index (κ3) is 9.71. The van der Waals surface area contributed by atoms with Gasteiger partial charge in [-0.15, -0.1) is 0 Å². The minimum atomic E-state index is -3.01. The molecule has 2 N–H and O–H groups in total. The highest BCUT2D eigenvalue weighted by atomic mass is 32.2. The number of benzene rings is 1. The fourth-order valence-electron chi connectivity index (χ4n) is 1.92. The molecular weight excluding hydrogens is 340 g/mol. The van der Waals surface area contributed by atoms with Crippen LogP contribution >= 0.6 is 0 Å². The van der Waals surface area contributed by atoms with E-state index in [9.17, 15) is 13.2 Å². The van der Waals surface area contributed by atoms with Crippen molar-refractivity contribution in [3.8, 4) is 0 Å². The van der Waals surface area contributed by atoms with Crippen molar-refractivity contribution in [1.29, 1.82) is 0 Å². The van der Waals surface area contributed by atoms with Crippen molar-refractivity contribution < 1.29 is 13.2 Å². The fourth-order valence-corrected chi connectivity index (χ4v) is 2.70. The maximum atomic E-state index is 11.8. The molecule has 140 valence electrons. The van der Waals surface area contributed by atoms with E-state index in [1.54, 1.807) is 14.1 Å². The zero-order chi connectivity index (χ0) is 18.9. The van der Waals surface area contributed by atoms with Gasteiger partial charge in [-0.05, 0) is 18.9 Å². The molecule has 0 fully saturated rings. The van der Waals surface area contributed by atoms with Gasteiger partial charge in [0.1, 0.15) is 9.84 Å². The fraction of sp³-hybridized carbons (Fsp3) is 0.529. The molecule has 0 heterocycles. The van der Waals surface area contributed by atoms with Gasteiger partial charge < -0.3 is 15.5 Å². The van der Waals surface area contributed by atoms with Crippen LogP contribution in [0.25, 0.3) is 0 Å². The summed E-state index contributed by atoms with van der Waals surface area (Å²) in [6.45, 7) is 2.47. The molecule has 0 aliphatic carbocycles. The van der Waals surface area contributed by atoms with Crippen LogP contribution in [0.4, 0.5) is 0 Å². The Morgan fingerprint density at radius 2 is 1.88 bits per heavy atom. The van der Waals surface area contributed by atoms with Crippen molar-refractivity contribution >= 4 is 21.7 Å². The van der Waals surface area contributed by atoms with Gasteiger partial charge in [0.2, 0.25) is 5.91 Å². The first-order valence-corrected chi connectivity index (χ1v) is 10.2. The van der Waals surface area contributed by atoms with Gasteiger partial charge in [0.25, 0.3) is 0 Å². The number of likely N-dealkylation sites (N-methyl/N-ethyl adjacent to an activating group) is 1. The number of guanidine groups is 1. The smallest absolute Gasteiger partial charge is 0.241 e. The van der Waals surface area contributed by atoms with Crippen molar-refractivity contribution in [2.24, 2.45) is 4.99 Å². The number of carbonyl (C=O) groups excluding carboxylic acids is 1. The second-order valence-electron chi connectivity index (χ2n) is 6.26. The molecule has 8 heteroatoms. The van der Waals surface area contributed by atoms with Crippen molar-refractivity contribution in [2.45, 2.75) is 25.9 Å². The molecule has 1 unspecified atom stereocenters. The monoisotopic (exact) mass is 368 g/mol. The highest BCUT2D eigenvalue weighted by Gasteiger charge is 2.11. The van der Waals surface area contributed by atoms with E-state index in [0.717, 1.165) is 5.56 Å². The second kappa shape index (κ2) is 10.0. The van der Waals surface area contributed by atoms with Crippen LogP contribution in [0.2, 0.25) is 0 Å². The molecule has 0 bridgehead atoms. The number of hydrogen-bond donors (Lipinski definition) is 2. The lowest BCUT2D eigenvalue weighted by atomic mass is 10.2. The molecule has 0 saturated heterocycles. The third-order valence-corrected chi connectivity index (χ3v) is 4.45. The second-order valence-corrected chi connectivity index (χ2v) is 8.52. The van der Waals surface area contributed by atoms with Crippen LogP contribution in [0, 0.1) is 0 Å². The molecule has 0 radical (unpaired) electrons. The normalized spacial score (nSPS) is 13.2. The summed E-state index contributed by atoms with van der Waals surface area (Å²) in [7, 11) is 0.367. The number of nitrogens with one attached hydrogen (secondary N) is 2. The number of nitrogens with zero attached hydrogens (tertiary/aromatic N) is 2. The molecule has 0 aromatic heterocycles. The molecule has 25 heavy (non-hydrogen) atoms. The topological polar surface area (TPSA) is 90.9 Å². The Hall–Kier alpha value is -2.09. The number of sulfone groups is 1. The molecule has 1 aromatic carbocycles. The molecule has 0 saturated carbocycles. The Labute approximate surface area is 150 Å². The van der Waals surface area contributed by atoms with Crippen LogP contribution in [0.15, 0.2) is 35.3 Å². The quantitative estimate of drug-likeness (QED) is 0.519. The largest absolute Gasteiger partial charge is 0.354 e. The number of carbonyl (C=O) groups is 1. The summed E-state index contributed by atoms with van der Waals surface area (Å²) in [5.74, 6) is 0.516. The summed E-state index contributed by atoms with van der Waals surface area (Å²) >= 11 is 0. The van der Waals surface area contributed by atoms with Crippen molar-refractivity contribution in [2.75, 3.05) is 32.6 Å². The van der Waals surface area contributed by atoms with Gasteiger partial charge in [-0.1, -0.05) is 30.3 Å². The molecule has 0 aliphatic rings. The van der Waals surface area contributed by atoms with Gasteiger partial charge in [-0.25, -0.2) is 13.4 Å². The Bertz CT molecular complexity index is 672. The first kappa shape index (κ1) is 21.0. The summed E-state index contributed by atoms with van der Waals surface area (Å²) in [6.07, 6.45) is 1.69. The molecule has 1 atom stereocenters. The summed E-state index contributed by atoms with van der Waals surface area (Å²) in [5, 5.41) is 6.16. The van der Waals surface area contributed by atoms with Crippen LogP contribution in [0.1, 0.15) is 18.9 Å². The Balaban J connectivity index is 2.70. The number of hydrogen-bond acceptors (Lipinski definition) is 4. The first-order chi connectivity index (χ1) is 11.7. The van der Waals surface area contributed by atoms with Gasteiger partial charge in [-0.3, -0.25) is 4.79 Å². The lowest BCUT2D eigenvalue weighted by Crippen LogP contribution is -2.46. The van der Waals surface area contributed by atoms with Gasteiger partial charge >= 0.3 is 0 Å². The van der Waals surface area contributed by atoms with E-state index in [0.29, 0.717) is 18.9 Å². The summed E-state index contributed by atoms with van der Waals surface area (Å²) < 4.78 is 22.6. The van der Waals surface area contributed by atoms with Crippen molar-refractivity contribution in [1.82, 2.24) is 15.5 Å². The molecule has 7 nitrogen and oxygen atoms in total. The third-order valence-electron chi connectivity index (χ3n) is 3.47. The first-order valence-electron chi connectivity index (χ1n) is 8.14. The number of rotatable bonds is 8. The van der Waals surface area contributed by atoms with Crippen LogP contribution in [-0.2, 0) is 21.2 Å². The zero-order valence-electron chi connectivity index (χ0n) is 15.3. The SMILES string of the molecule is CC(CCS(C)(=O)=O)NC(=NCc1ccccc1)NCC(=O)N(C)C. The molecule has 0 spiro atoms. The van der Waals surface area contributed by atoms with E-state index >= 15 is 0 Å². The van der Waals surface area contributed by atoms with E-state index in [4.69, 9.17) is 0 Å². The van der Waals surface area contributed by atoms with E-state index in [2.05, 4.69) is 15.6 Å². The maximum Gasteiger partial charge on any atom is 0.241 e. The molecular formula is C17H28N4O3S. The zero-order valence-corrected chi connectivity index (χ0v) is 16.1. The van der Waals surface area contributed by atoms with Gasteiger partial charge in [0.05, 0.1) is 18.8 Å². The predicted octanol–water partition coefficient (Wildman–Crippen LogP) is 0.633. The Morgan fingerprint density at radius 1 is 1.24 bits per heavy atom. The van der Waals surface area contributed by atoms with Gasteiger partial charge in [0, 0.05) is 26.4 Å². The van der Waals surface area contributed by atoms with E-state index in [1.165, 1.54) is 11.2 Å². The summed E-state index contributed by atoms with van der Waals surface area (Å²) in [4.78, 5) is 17.7. The summed E-state index contributed by atoms with van der Waals surface area (Å²) in [6, 6.07) is 9.67. The van der Waals surface area contributed by atoms with Crippen LogP contribution < -0.4 is 10.6 Å². The molecule has 1 amide bonds. The molecule has 1 rings (SSSR count). The van der Waals surface area contributed by atoms with E-state index < -0.39 is 9.84 Å². The van der Waals surface area contributed by atoms with Crippen LogP contribution in [0.3, 0.4) is 0 Å². The highest BCUT2D eigenvalue weighted by molar-refractivity contribution is 7.90. The molecule has 0 aliphatic heterocycles. The van der Waals surface area contributed by atoms with Crippen molar-refractivity contribution in [3.05, 3.63) is 35.9 Å². The van der Waals surface area contributed by atoms with Crippen molar-refractivity contribution in [3.63, 3.8) is 0 Å². The van der Waals surface area contributed by atoms with E-state index in [-0.39, 0.29) is 24.2 Å². The van der Waals surface area contributed by atoms with Crippen LogP contribution in [0.5, 0.6) is 0 Å². The molecule has 1 aromatic rings. The minimum absolute atomic E-state index is 0.0713.